The molecule has 2 N–H and O–H groups in total. The standard InChI is InChI=1S/C19H30N2O2/c1-15-5-7-16(8-6-15)18(2,3)13-21-17(22)19(14-23-4)9-11-20-12-10-19/h5-8,20H,9-14H2,1-4H3,(H,21,22). The minimum atomic E-state index is -0.386. The molecule has 0 unspecified atom stereocenters. The minimum Gasteiger partial charge on any atom is -0.384 e. The van der Waals surface area contributed by atoms with Crippen molar-refractivity contribution in [3.8, 4) is 0 Å². The van der Waals surface area contributed by atoms with Gasteiger partial charge < -0.3 is 15.4 Å². The van der Waals surface area contributed by atoms with Crippen LogP contribution >= 0.6 is 0 Å². The van der Waals surface area contributed by atoms with Gasteiger partial charge in [0.05, 0.1) is 12.0 Å². The van der Waals surface area contributed by atoms with Crippen LogP contribution in [0.4, 0.5) is 0 Å². The van der Waals surface area contributed by atoms with E-state index in [1.54, 1.807) is 7.11 Å². The molecule has 0 atom stereocenters. The van der Waals surface area contributed by atoms with Gasteiger partial charge in [0, 0.05) is 19.1 Å². The van der Waals surface area contributed by atoms with Crippen molar-refractivity contribution >= 4 is 5.91 Å². The van der Waals surface area contributed by atoms with Gasteiger partial charge in [-0.15, -0.1) is 0 Å². The number of carbonyl (C=O) groups is 1. The molecule has 0 radical (unpaired) electrons. The zero-order valence-corrected chi connectivity index (χ0v) is 14.9. The van der Waals surface area contributed by atoms with E-state index in [2.05, 4.69) is 55.7 Å². The van der Waals surface area contributed by atoms with Gasteiger partial charge in [-0.3, -0.25) is 4.79 Å². The van der Waals surface area contributed by atoms with Crippen LogP contribution in [0.15, 0.2) is 24.3 Å². The Balaban J connectivity index is 2.02. The molecular weight excluding hydrogens is 288 g/mol. The number of ether oxygens (including phenoxy) is 1. The Morgan fingerprint density at radius 1 is 1.26 bits per heavy atom. The number of piperidine rings is 1. The van der Waals surface area contributed by atoms with Gasteiger partial charge in [-0.2, -0.15) is 0 Å². The minimum absolute atomic E-state index is 0.0927. The van der Waals surface area contributed by atoms with Gasteiger partial charge >= 0.3 is 0 Å². The second-order valence-electron chi connectivity index (χ2n) is 7.40. The van der Waals surface area contributed by atoms with E-state index in [-0.39, 0.29) is 16.7 Å². The van der Waals surface area contributed by atoms with E-state index in [1.807, 2.05) is 0 Å². The summed E-state index contributed by atoms with van der Waals surface area (Å²) in [5.74, 6) is 0.126. The van der Waals surface area contributed by atoms with Crippen LogP contribution in [0.1, 0.15) is 37.8 Å². The average Bonchev–Trinajstić information content (AvgIpc) is 2.54. The first-order valence-corrected chi connectivity index (χ1v) is 8.45. The van der Waals surface area contributed by atoms with Crippen molar-refractivity contribution in [2.24, 2.45) is 5.41 Å². The third-order valence-electron chi connectivity index (χ3n) is 4.99. The molecule has 1 saturated heterocycles. The molecule has 2 rings (SSSR count). The monoisotopic (exact) mass is 318 g/mol. The summed E-state index contributed by atoms with van der Waals surface area (Å²) in [5.41, 5.74) is 2.02. The van der Waals surface area contributed by atoms with E-state index >= 15 is 0 Å². The highest BCUT2D eigenvalue weighted by Gasteiger charge is 2.40. The molecule has 128 valence electrons. The number of nitrogens with one attached hydrogen (secondary N) is 2. The molecule has 4 heteroatoms. The highest BCUT2D eigenvalue weighted by atomic mass is 16.5. The second-order valence-corrected chi connectivity index (χ2v) is 7.40. The molecule has 0 spiro atoms. The first-order valence-electron chi connectivity index (χ1n) is 8.45. The molecule has 1 aromatic rings. The molecule has 4 nitrogen and oxygen atoms in total. The molecule has 1 aliphatic heterocycles. The molecule has 0 aromatic heterocycles. The van der Waals surface area contributed by atoms with Crippen molar-refractivity contribution in [1.82, 2.24) is 10.6 Å². The lowest BCUT2D eigenvalue weighted by atomic mass is 9.78. The van der Waals surface area contributed by atoms with Crippen molar-refractivity contribution < 1.29 is 9.53 Å². The molecule has 1 fully saturated rings. The lowest BCUT2D eigenvalue weighted by molar-refractivity contribution is -0.136. The van der Waals surface area contributed by atoms with Crippen LogP contribution in [-0.4, -0.2) is 39.3 Å². The molecule has 0 aliphatic carbocycles. The molecule has 0 saturated carbocycles. The maximum absolute atomic E-state index is 12.8. The predicted molar refractivity (Wildman–Crippen MR) is 93.6 cm³/mol. The number of amides is 1. The first kappa shape index (κ1) is 18.0. The van der Waals surface area contributed by atoms with Crippen LogP contribution in [0.25, 0.3) is 0 Å². The SMILES string of the molecule is COCC1(C(=O)NCC(C)(C)c2ccc(C)cc2)CCNCC1. The predicted octanol–water partition coefficient (Wildman–Crippen LogP) is 2.41. The second kappa shape index (κ2) is 7.45. The summed E-state index contributed by atoms with van der Waals surface area (Å²) in [7, 11) is 1.67. The van der Waals surface area contributed by atoms with E-state index in [9.17, 15) is 4.79 Å². The first-order chi connectivity index (χ1) is 10.9. The van der Waals surface area contributed by atoms with Crippen molar-refractivity contribution in [1.29, 1.82) is 0 Å². The zero-order chi connectivity index (χ0) is 16.9. The number of methoxy groups -OCH3 is 1. The summed E-state index contributed by atoms with van der Waals surface area (Å²) in [4.78, 5) is 12.8. The third kappa shape index (κ3) is 4.33. The van der Waals surface area contributed by atoms with Crippen molar-refractivity contribution in [3.05, 3.63) is 35.4 Å². The quantitative estimate of drug-likeness (QED) is 0.847. The van der Waals surface area contributed by atoms with Gasteiger partial charge in [0.2, 0.25) is 5.91 Å². The van der Waals surface area contributed by atoms with E-state index < -0.39 is 0 Å². The highest BCUT2D eigenvalue weighted by molar-refractivity contribution is 5.83. The van der Waals surface area contributed by atoms with E-state index in [4.69, 9.17) is 4.74 Å². The topological polar surface area (TPSA) is 50.4 Å². The molecule has 1 heterocycles. The summed E-state index contributed by atoms with van der Waals surface area (Å²) in [6.07, 6.45) is 1.66. The zero-order valence-electron chi connectivity index (χ0n) is 14.9. The highest BCUT2D eigenvalue weighted by Crippen LogP contribution is 2.30. The molecule has 0 bridgehead atoms. The molecule has 1 amide bonds. The fraction of sp³-hybridized carbons (Fsp3) is 0.632. The average molecular weight is 318 g/mol. The maximum Gasteiger partial charge on any atom is 0.228 e. The Morgan fingerprint density at radius 3 is 2.43 bits per heavy atom. The molecular formula is C19H30N2O2. The van der Waals surface area contributed by atoms with Crippen LogP contribution in [0.2, 0.25) is 0 Å². The number of carbonyl (C=O) groups excluding carboxylic acids is 1. The fourth-order valence-corrected chi connectivity index (χ4v) is 3.21. The maximum atomic E-state index is 12.8. The smallest absolute Gasteiger partial charge is 0.228 e. The number of hydrogen-bond donors (Lipinski definition) is 2. The van der Waals surface area contributed by atoms with Crippen molar-refractivity contribution in [2.45, 2.75) is 39.0 Å². The van der Waals surface area contributed by atoms with Crippen LogP contribution < -0.4 is 10.6 Å². The molecule has 1 aliphatic rings. The largest absolute Gasteiger partial charge is 0.384 e. The number of benzene rings is 1. The normalized spacial score (nSPS) is 17.7. The number of rotatable bonds is 6. The van der Waals surface area contributed by atoms with Crippen LogP contribution in [0.5, 0.6) is 0 Å². The summed E-state index contributed by atoms with van der Waals surface area (Å²) in [6.45, 7) is 9.30. The number of aryl methyl sites for hydroxylation is 1. The fourth-order valence-electron chi connectivity index (χ4n) is 3.21. The van der Waals surface area contributed by atoms with Gasteiger partial charge in [-0.1, -0.05) is 43.7 Å². The van der Waals surface area contributed by atoms with Crippen LogP contribution in [0, 0.1) is 12.3 Å². The Morgan fingerprint density at radius 2 is 1.87 bits per heavy atom. The Hall–Kier alpha value is -1.39. The lowest BCUT2D eigenvalue weighted by Gasteiger charge is -2.37. The summed E-state index contributed by atoms with van der Waals surface area (Å²) in [5, 5.41) is 6.51. The van der Waals surface area contributed by atoms with Gasteiger partial charge in [-0.05, 0) is 38.4 Å². The molecule has 1 aromatic carbocycles. The molecule has 23 heavy (non-hydrogen) atoms. The summed E-state index contributed by atoms with van der Waals surface area (Å²) >= 11 is 0. The Bertz CT molecular complexity index is 511. The van der Waals surface area contributed by atoms with E-state index in [1.165, 1.54) is 11.1 Å². The van der Waals surface area contributed by atoms with Crippen LogP contribution in [0.3, 0.4) is 0 Å². The summed E-state index contributed by atoms with van der Waals surface area (Å²) < 4.78 is 5.35. The third-order valence-corrected chi connectivity index (χ3v) is 4.99. The number of hydrogen-bond acceptors (Lipinski definition) is 3. The Kier molecular flexibility index (Phi) is 5.82. The van der Waals surface area contributed by atoms with Gasteiger partial charge in [0.1, 0.15) is 0 Å². The van der Waals surface area contributed by atoms with Crippen LogP contribution in [-0.2, 0) is 14.9 Å². The van der Waals surface area contributed by atoms with Gasteiger partial charge in [0.15, 0.2) is 0 Å². The Labute approximate surface area is 140 Å². The summed E-state index contributed by atoms with van der Waals surface area (Å²) in [6, 6.07) is 8.55. The lowest BCUT2D eigenvalue weighted by Crippen LogP contribution is -2.52. The van der Waals surface area contributed by atoms with Crippen molar-refractivity contribution in [3.63, 3.8) is 0 Å². The van der Waals surface area contributed by atoms with E-state index in [0.29, 0.717) is 13.2 Å². The van der Waals surface area contributed by atoms with Gasteiger partial charge in [-0.25, -0.2) is 0 Å². The van der Waals surface area contributed by atoms with Crippen molar-refractivity contribution in [2.75, 3.05) is 33.4 Å². The van der Waals surface area contributed by atoms with E-state index in [0.717, 1.165) is 25.9 Å². The van der Waals surface area contributed by atoms with Gasteiger partial charge in [0.25, 0.3) is 0 Å².